The van der Waals surface area contributed by atoms with Crippen molar-refractivity contribution >= 4 is 17.3 Å². The minimum absolute atomic E-state index is 0.0542. The molecular weight excluding hydrogens is 262 g/mol. The first-order valence-corrected chi connectivity index (χ1v) is 6.81. The predicted octanol–water partition coefficient (Wildman–Crippen LogP) is 2.65. The number of fused-ring (bicyclic) bond motifs is 1. The summed E-state index contributed by atoms with van der Waals surface area (Å²) in [6.07, 6.45) is 0.846. The second-order valence-corrected chi connectivity index (χ2v) is 5.23. The van der Waals surface area contributed by atoms with Crippen molar-refractivity contribution in [3.8, 4) is 6.07 Å². The number of amides is 1. The molecule has 0 fully saturated rings. The van der Waals surface area contributed by atoms with Crippen LogP contribution in [0.1, 0.15) is 27.0 Å². The molecule has 2 N–H and O–H groups in total. The van der Waals surface area contributed by atoms with Crippen LogP contribution in [-0.4, -0.2) is 12.5 Å². The Kier molecular flexibility index (Phi) is 3.11. The van der Waals surface area contributed by atoms with Crippen molar-refractivity contribution in [1.29, 1.82) is 5.26 Å². The summed E-state index contributed by atoms with van der Waals surface area (Å²) >= 11 is 0. The van der Waals surface area contributed by atoms with E-state index in [1.165, 1.54) is 0 Å². The summed E-state index contributed by atoms with van der Waals surface area (Å²) in [7, 11) is 0. The van der Waals surface area contributed by atoms with E-state index in [1.807, 2.05) is 13.0 Å². The number of benzene rings is 2. The molecule has 2 aromatic carbocycles. The Morgan fingerprint density at radius 3 is 2.67 bits per heavy atom. The van der Waals surface area contributed by atoms with Crippen LogP contribution < -0.4 is 10.6 Å². The maximum atomic E-state index is 12.6. The van der Waals surface area contributed by atoms with E-state index >= 15 is 0 Å². The Bertz CT molecular complexity index is 757. The quantitative estimate of drug-likeness (QED) is 0.815. The van der Waals surface area contributed by atoms with Gasteiger partial charge < -0.3 is 10.6 Å². The summed E-state index contributed by atoms with van der Waals surface area (Å²) in [6.45, 7) is 2.64. The highest BCUT2D eigenvalue weighted by atomic mass is 16.2. The highest BCUT2D eigenvalue weighted by Crippen LogP contribution is 2.33. The van der Waals surface area contributed by atoms with Gasteiger partial charge in [0, 0.05) is 23.5 Å². The number of nitriles is 1. The van der Waals surface area contributed by atoms with E-state index in [9.17, 15) is 4.79 Å². The zero-order valence-electron chi connectivity index (χ0n) is 11.8. The van der Waals surface area contributed by atoms with Crippen LogP contribution in [0.2, 0.25) is 0 Å². The molecule has 1 aliphatic heterocycles. The monoisotopic (exact) mass is 277 g/mol. The van der Waals surface area contributed by atoms with Crippen LogP contribution in [-0.2, 0) is 6.42 Å². The molecule has 4 nitrogen and oxygen atoms in total. The van der Waals surface area contributed by atoms with Crippen molar-refractivity contribution in [2.75, 3.05) is 17.2 Å². The number of nitrogens with two attached hydrogens (primary N) is 1. The van der Waals surface area contributed by atoms with E-state index in [4.69, 9.17) is 11.0 Å². The van der Waals surface area contributed by atoms with Crippen LogP contribution in [0.5, 0.6) is 0 Å². The van der Waals surface area contributed by atoms with Gasteiger partial charge in [0.15, 0.2) is 0 Å². The molecule has 0 bridgehead atoms. The molecule has 0 unspecified atom stereocenters. The SMILES string of the molecule is Cc1cc2c(cc1N)N(C(=O)c1ccc(C#N)cc1)CC2. The topological polar surface area (TPSA) is 70.1 Å². The normalized spacial score (nSPS) is 12.9. The van der Waals surface area contributed by atoms with Gasteiger partial charge in [-0.25, -0.2) is 0 Å². The van der Waals surface area contributed by atoms with Gasteiger partial charge >= 0.3 is 0 Å². The van der Waals surface area contributed by atoms with E-state index in [0.717, 1.165) is 23.2 Å². The maximum absolute atomic E-state index is 12.6. The highest BCUT2D eigenvalue weighted by molar-refractivity contribution is 6.07. The molecule has 1 aliphatic rings. The summed E-state index contributed by atoms with van der Waals surface area (Å²) in [5, 5.41) is 8.81. The maximum Gasteiger partial charge on any atom is 0.258 e. The number of nitrogen functional groups attached to an aromatic ring is 1. The van der Waals surface area contributed by atoms with E-state index in [2.05, 4.69) is 12.1 Å². The molecule has 0 saturated heterocycles. The first-order valence-electron chi connectivity index (χ1n) is 6.81. The molecule has 3 rings (SSSR count). The van der Waals surface area contributed by atoms with Crippen LogP contribution in [0.25, 0.3) is 0 Å². The fraction of sp³-hybridized carbons (Fsp3) is 0.176. The van der Waals surface area contributed by atoms with E-state index < -0.39 is 0 Å². The third-order valence-electron chi connectivity index (χ3n) is 3.87. The molecule has 1 heterocycles. The van der Waals surface area contributed by atoms with Crippen LogP contribution in [0.4, 0.5) is 11.4 Å². The molecule has 2 aromatic rings. The molecule has 0 aliphatic carbocycles. The van der Waals surface area contributed by atoms with Gasteiger partial charge in [-0.15, -0.1) is 0 Å². The first kappa shape index (κ1) is 13.2. The molecule has 1 amide bonds. The summed E-state index contributed by atoms with van der Waals surface area (Å²) in [5.74, 6) is -0.0542. The number of hydrogen-bond acceptors (Lipinski definition) is 3. The fourth-order valence-electron chi connectivity index (χ4n) is 2.63. The lowest BCUT2D eigenvalue weighted by Gasteiger charge is -2.18. The van der Waals surface area contributed by atoms with Crippen molar-refractivity contribution in [3.63, 3.8) is 0 Å². The van der Waals surface area contributed by atoms with Gasteiger partial charge in [0.2, 0.25) is 0 Å². The summed E-state index contributed by atoms with van der Waals surface area (Å²) in [4.78, 5) is 14.4. The minimum Gasteiger partial charge on any atom is -0.398 e. The van der Waals surface area contributed by atoms with Gasteiger partial charge in [-0.1, -0.05) is 6.07 Å². The number of rotatable bonds is 1. The zero-order chi connectivity index (χ0) is 15.0. The third-order valence-corrected chi connectivity index (χ3v) is 3.87. The van der Waals surface area contributed by atoms with Crippen LogP contribution in [0.15, 0.2) is 36.4 Å². The molecule has 4 heteroatoms. The molecular formula is C17H15N3O. The van der Waals surface area contributed by atoms with Crippen molar-refractivity contribution in [2.24, 2.45) is 0 Å². The Morgan fingerprint density at radius 2 is 2.00 bits per heavy atom. The first-order chi connectivity index (χ1) is 10.1. The van der Waals surface area contributed by atoms with Gasteiger partial charge in [0.05, 0.1) is 11.6 Å². The molecule has 0 spiro atoms. The molecule has 0 atom stereocenters. The van der Waals surface area contributed by atoms with E-state index in [0.29, 0.717) is 23.4 Å². The molecule has 0 radical (unpaired) electrons. The zero-order valence-corrected chi connectivity index (χ0v) is 11.8. The average Bonchev–Trinajstić information content (AvgIpc) is 2.90. The summed E-state index contributed by atoms with van der Waals surface area (Å²) in [6, 6.07) is 12.7. The van der Waals surface area contributed by atoms with Gasteiger partial charge in [-0.05, 0) is 54.8 Å². The number of nitrogens with zero attached hydrogens (tertiary/aromatic N) is 2. The number of carbonyl (C=O) groups excluding carboxylic acids is 1. The van der Waals surface area contributed by atoms with Crippen molar-refractivity contribution in [3.05, 3.63) is 58.7 Å². The molecule has 21 heavy (non-hydrogen) atoms. The Morgan fingerprint density at radius 1 is 1.29 bits per heavy atom. The lowest BCUT2D eigenvalue weighted by molar-refractivity contribution is 0.0989. The third kappa shape index (κ3) is 2.23. The van der Waals surface area contributed by atoms with E-state index in [-0.39, 0.29) is 5.91 Å². The molecule has 104 valence electrons. The van der Waals surface area contributed by atoms with Crippen LogP contribution in [0, 0.1) is 18.3 Å². The highest BCUT2D eigenvalue weighted by Gasteiger charge is 2.26. The van der Waals surface area contributed by atoms with Gasteiger partial charge in [0.1, 0.15) is 0 Å². The minimum atomic E-state index is -0.0542. The van der Waals surface area contributed by atoms with Crippen LogP contribution >= 0.6 is 0 Å². The smallest absolute Gasteiger partial charge is 0.258 e. The van der Waals surface area contributed by atoms with E-state index in [1.54, 1.807) is 29.2 Å². The largest absolute Gasteiger partial charge is 0.398 e. The van der Waals surface area contributed by atoms with Crippen molar-refractivity contribution < 1.29 is 4.79 Å². The number of carbonyl (C=O) groups is 1. The average molecular weight is 277 g/mol. The summed E-state index contributed by atoms with van der Waals surface area (Å²) < 4.78 is 0. The number of anilines is 2. The fourth-order valence-corrected chi connectivity index (χ4v) is 2.63. The lowest BCUT2D eigenvalue weighted by atomic mass is 10.1. The predicted molar refractivity (Wildman–Crippen MR) is 82.1 cm³/mol. The Labute approximate surface area is 123 Å². The second kappa shape index (κ2) is 4.95. The van der Waals surface area contributed by atoms with Crippen molar-refractivity contribution in [2.45, 2.75) is 13.3 Å². The van der Waals surface area contributed by atoms with Gasteiger partial charge in [-0.3, -0.25) is 4.79 Å². The summed E-state index contributed by atoms with van der Waals surface area (Å²) in [5.41, 5.74) is 10.9. The van der Waals surface area contributed by atoms with Crippen LogP contribution in [0.3, 0.4) is 0 Å². The second-order valence-electron chi connectivity index (χ2n) is 5.23. The lowest BCUT2D eigenvalue weighted by Crippen LogP contribution is -2.28. The standard InChI is InChI=1S/C17H15N3O/c1-11-8-14-6-7-20(16(14)9-15(11)19)17(21)13-4-2-12(10-18)3-5-13/h2-5,8-9H,6-7,19H2,1H3. The molecule has 0 aromatic heterocycles. The van der Waals surface area contributed by atoms with Gasteiger partial charge in [-0.2, -0.15) is 5.26 Å². The van der Waals surface area contributed by atoms with Crippen molar-refractivity contribution in [1.82, 2.24) is 0 Å². The molecule has 0 saturated carbocycles. The Hall–Kier alpha value is -2.80. The van der Waals surface area contributed by atoms with Gasteiger partial charge in [0.25, 0.3) is 5.91 Å². The Balaban J connectivity index is 1.94. The number of hydrogen-bond donors (Lipinski definition) is 1. The number of aryl methyl sites for hydroxylation is 1.